The van der Waals surface area contributed by atoms with Gasteiger partial charge in [0.2, 0.25) is 5.88 Å². The van der Waals surface area contributed by atoms with Gasteiger partial charge in [0.15, 0.2) is 17.1 Å². The van der Waals surface area contributed by atoms with Crippen molar-refractivity contribution < 1.29 is 24.5 Å². The number of imidazole rings is 1. The normalized spacial score (nSPS) is 11.8. The molecule has 1 atom stereocenters. The van der Waals surface area contributed by atoms with Crippen molar-refractivity contribution in [1.82, 2.24) is 29.4 Å². The quantitative estimate of drug-likeness (QED) is 0.115. The number of hydrogen-bond donors (Lipinski definition) is 6. The summed E-state index contributed by atoms with van der Waals surface area (Å²) in [5, 5.41) is 31.8. The molecule has 3 aromatic heterocycles. The number of anilines is 1. The first-order chi connectivity index (χ1) is 16.9. The summed E-state index contributed by atoms with van der Waals surface area (Å²) >= 11 is 0. The van der Waals surface area contributed by atoms with Gasteiger partial charge in [-0.15, -0.1) is 0 Å². The molecule has 0 fully saturated rings. The molecule has 0 amide bonds. The molecule has 0 aromatic carbocycles. The number of nitrogens with two attached hydrogens (primary N) is 1. The molecule has 0 saturated heterocycles. The van der Waals surface area contributed by atoms with E-state index in [0.29, 0.717) is 42.9 Å². The lowest BCUT2D eigenvalue weighted by atomic mass is 10.1. The van der Waals surface area contributed by atoms with E-state index in [-0.39, 0.29) is 24.9 Å². The van der Waals surface area contributed by atoms with E-state index >= 15 is 0 Å². The van der Waals surface area contributed by atoms with Crippen LogP contribution in [0.5, 0.6) is 5.88 Å². The van der Waals surface area contributed by atoms with Crippen LogP contribution in [0.2, 0.25) is 0 Å². The van der Waals surface area contributed by atoms with Gasteiger partial charge in [0, 0.05) is 19.3 Å². The van der Waals surface area contributed by atoms with Gasteiger partial charge in [-0.3, -0.25) is 5.41 Å². The lowest BCUT2D eigenvalue weighted by molar-refractivity contribution is -0.138. The van der Waals surface area contributed by atoms with Crippen molar-refractivity contribution in [2.45, 2.75) is 44.7 Å². The third-order valence-electron chi connectivity index (χ3n) is 5.20. The largest absolute Gasteiger partial charge is 0.492 e. The number of fused-ring (bicyclic) bond motifs is 1. The molecule has 0 aliphatic rings. The Morgan fingerprint density at radius 2 is 2.03 bits per heavy atom. The van der Waals surface area contributed by atoms with E-state index in [1.165, 1.54) is 17.1 Å². The number of ether oxygens (including phenoxy) is 1. The Hall–Kier alpha value is -4.36. The maximum Gasteiger partial charge on any atom is 0.419 e. The summed E-state index contributed by atoms with van der Waals surface area (Å²) in [5.74, 6) is -1.06. The summed E-state index contributed by atoms with van der Waals surface area (Å²) in [5.41, 5.74) is 6.13. The van der Waals surface area contributed by atoms with Gasteiger partial charge in [-0.1, -0.05) is 0 Å². The van der Waals surface area contributed by atoms with E-state index in [9.17, 15) is 19.8 Å². The molecule has 14 heteroatoms. The lowest BCUT2D eigenvalue weighted by Crippen LogP contribution is -2.34. The van der Waals surface area contributed by atoms with E-state index < -0.39 is 18.1 Å². The highest BCUT2D eigenvalue weighted by Crippen LogP contribution is 2.18. The number of aromatic nitrogens is 5. The van der Waals surface area contributed by atoms with Crippen LogP contribution >= 0.6 is 0 Å². The molecule has 14 nitrogen and oxygen atoms in total. The van der Waals surface area contributed by atoms with Gasteiger partial charge >= 0.3 is 12.1 Å². The van der Waals surface area contributed by atoms with Crippen LogP contribution in [0.3, 0.4) is 0 Å². The van der Waals surface area contributed by atoms with Crippen LogP contribution < -0.4 is 16.4 Å². The first-order valence-corrected chi connectivity index (χ1v) is 11.1. The standard InChI is InChI=1S/C21H29N9O5/c22-20(23)24-8-4-6-14(19(32)33)28-15-7-5-10-30(15)21(34)35-11-3-1-2-9-29-13-27-16-17(29)25-12-26-18(16)31/h5,7,10,12-14,28H,1-4,6,8-9,11H2,(H,32,33)(H4,22,23,24)(H,25,26,31)/t14-/m0/s1. The highest BCUT2D eigenvalue weighted by Gasteiger charge is 2.20. The number of carbonyl (C=O) groups excluding carboxylic acids is 1. The molecule has 0 radical (unpaired) electrons. The third kappa shape index (κ3) is 7.06. The second kappa shape index (κ2) is 12.2. The molecular weight excluding hydrogens is 458 g/mol. The summed E-state index contributed by atoms with van der Waals surface area (Å²) in [6.07, 6.45) is 6.75. The van der Waals surface area contributed by atoms with E-state index in [4.69, 9.17) is 15.9 Å². The number of carbonyl (C=O) groups is 2. The van der Waals surface area contributed by atoms with Crippen molar-refractivity contribution in [2.75, 3.05) is 18.5 Å². The first-order valence-electron chi connectivity index (χ1n) is 11.1. The number of nitrogens with one attached hydrogen (secondary N) is 3. The van der Waals surface area contributed by atoms with Crippen molar-refractivity contribution in [3.05, 3.63) is 31.0 Å². The van der Waals surface area contributed by atoms with Crippen LogP contribution in [0.1, 0.15) is 32.1 Å². The molecule has 3 rings (SSSR count). The van der Waals surface area contributed by atoms with Crippen molar-refractivity contribution in [1.29, 1.82) is 5.41 Å². The lowest BCUT2D eigenvalue weighted by Gasteiger charge is -2.17. The Labute approximate surface area is 200 Å². The SMILES string of the molecule is N=C(N)NCCC[C@H](Nc1cccn1C(=O)OCCCCCn1cnc2c(O)ncnc21)C(=O)O. The van der Waals surface area contributed by atoms with Crippen molar-refractivity contribution in [2.24, 2.45) is 5.73 Å². The van der Waals surface area contributed by atoms with E-state index in [2.05, 4.69) is 25.6 Å². The molecule has 0 aliphatic carbocycles. The predicted octanol–water partition coefficient (Wildman–Crippen LogP) is 1.32. The monoisotopic (exact) mass is 487 g/mol. The Bertz CT molecular complexity index is 1160. The molecule has 0 aliphatic heterocycles. The summed E-state index contributed by atoms with van der Waals surface area (Å²) in [6, 6.07) is 2.30. The first kappa shape index (κ1) is 25.3. The van der Waals surface area contributed by atoms with E-state index in [0.717, 1.165) is 12.8 Å². The van der Waals surface area contributed by atoms with Crippen molar-refractivity contribution >= 4 is 35.0 Å². The Morgan fingerprint density at radius 3 is 2.80 bits per heavy atom. The Kier molecular flexibility index (Phi) is 8.81. The number of rotatable bonds is 13. The molecule has 3 aromatic rings. The number of aliphatic carboxylic acids is 1. The van der Waals surface area contributed by atoms with Crippen molar-refractivity contribution in [3.8, 4) is 5.88 Å². The van der Waals surface area contributed by atoms with Gasteiger partial charge in [0.1, 0.15) is 18.2 Å². The average molecular weight is 488 g/mol. The highest BCUT2D eigenvalue weighted by molar-refractivity contribution is 5.80. The zero-order valence-corrected chi connectivity index (χ0v) is 19.1. The fourth-order valence-corrected chi connectivity index (χ4v) is 3.44. The molecule has 0 spiro atoms. The number of aryl methyl sites for hydroxylation is 1. The highest BCUT2D eigenvalue weighted by atomic mass is 16.5. The molecule has 7 N–H and O–H groups in total. The Balaban J connectivity index is 1.41. The third-order valence-corrected chi connectivity index (χ3v) is 5.20. The fourth-order valence-electron chi connectivity index (χ4n) is 3.44. The minimum atomic E-state index is -1.05. The zero-order chi connectivity index (χ0) is 25.2. The molecule has 0 bridgehead atoms. The number of unbranched alkanes of at least 4 members (excludes halogenated alkanes) is 2. The Morgan fingerprint density at radius 1 is 1.20 bits per heavy atom. The summed E-state index contributed by atoms with van der Waals surface area (Å²) < 4.78 is 8.39. The average Bonchev–Trinajstić information content (AvgIpc) is 3.45. The molecule has 0 unspecified atom stereocenters. The van der Waals surface area contributed by atoms with E-state index in [1.54, 1.807) is 18.5 Å². The molecule has 0 saturated carbocycles. The number of carboxylic acids is 1. The molecular formula is C21H29N9O5. The maximum absolute atomic E-state index is 12.5. The molecule has 35 heavy (non-hydrogen) atoms. The second-order valence-electron chi connectivity index (χ2n) is 7.76. The fraction of sp³-hybridized carbons (Fsp3) is 0.429. The number of guanidine groups is 1. The predicted molar refractivity (Wildman–Crippen MR) is 126 cm³/mol. The smallest absolute Gasteiger partial charge is 0.419 e. The van der Waals surface area contributed by atoms with Crippen LogP contribution in [0, 0.1) is 5.41 Å². The molecule has 3 heterocycles. The van der Waals surface area contributed by atoms with Crippen LogP contribution in [-0.2, 0) is 16.1 Å². The number of carboxylic acid groups (broad SMARTS) is 1. The van der Waals surface area contributed by atoms with Gasteiger partial charge in [0.25, 0.3) is 0 Å². The summed E-state index contributed by atoms with van der Waals surface area (Å²) in [4.78, 5) is 36.0. The minimum absolute atomic E-state index is 0.154. The topological polar surface area (TPSA) is 206 Å². The zero-order valence-electron chi connectivity index (χ0n) is 19.1. The van der Waals surface area contributed by atoms with Gasteiger partial charge < -0.3 is 35.9 Å². The van der Waals surface area contributed by atoms with E-state index in [1.807, 2.05) is 4.57 Å². The summed E-state index contributed by atoms with van der Waals surface area (Å²) in [6.45, 7) is 1.23. The van der Waals surface area contributed by atoms with Crippen molar-refractivity contribution in [3.63, 3.8) is 0 Å². The number of hydrogen-bond acceptors (Lipinski definition) is 9. The van der Waals surface area contributed by atoms with Crippen LogP contribution in [0.15, 0.2) is 31.0 Å². The second-order valence-corrected chi connectivity index (χ2v) is 7.76. The molecule has 188 valence electrons. The van der Waals surface area contributed by atoms with Gasteiger partial charge in [-0.05, 0) is 44.2 Å². The maximum atomic E-state index is 12.5. The number of nitrogens with zero attached hydrogens (tertiary/aromatic N) is 5. The number of aromatic hydroxyl groups is 1. The van der Waals surface area contributed by atoms with Gasteiger partial charge in [0.05, 0.1) is 12.9 Å². The van der Waals surface area contributed by atoms with Gasteiger partial charge in [-0.2, -0.15) is 4.98 Å². The van der Waals surface area contributed by atoms with Crippen LogP contribution in [0.25, 0.3) is 11.2 Å². The van der Waals surface area contributed by atoms with Gasteiger partial charge in [-0.25, -0.2) is 24.1 Å². The van der Waals surface area contributed by atoms with Crippen LogP contribution in [0.4, 0.5) is 10.6 Å². The van der Waals surface area contributed by atoms with Crippen LogP contribution in [-0.4, -0.2) is 71.5 Å². The summed E-state index contributed by atoms with van der Waals surface area (Å²) in [7, 11) is 0. The minimum Gasteiger partial charge on any atom is -0.492 e.